The van der Waals surface area contributed by atoms with E-state index in [0.29, 0.717) is 11.5 Å². The molecule has 2 aliphatic rings. The summed E-state index contributed by atoms with van der Waals surface area (Å²) in [5.41, 5.74) is 5.05. The number of carbonyl (C=O) groups excluding carboxylic acids is 1. The fourth-order valence-electron chi connectivity index (χ4n) is 1.79. The molecule has 0 spiro atoms. The molecule has 0 atom stereocenters. The second-order valence-corrected chi connectivity index (χ2v) is 5.51. The van der Waals surface area contributed by atoms with Crippen molar-refractivity contribution in [3.05, 3.63) is 0 Å². The molecule has 2 rings (SSSR count). The average molecular weight is 256 g/mol. The van der Waals surface area contributed by atoms with Gasteiger partial charge in [-0.2, -0.15) is 0 Å². The Morgan fingerprint density at radius 2 is 2.18 bits per heavy atom. The van der Waals surface area contributed by atoms with E-state index in [-0.39, 0.29) is 5.91 Å². The molecule has 0 aromatic heterocycles. The van der Waals surface area contributed by atoms with E-state index < -0.39 is 5.41 Å². The zero-order valence-corrected chi connectivity index (χ0v) is 10.9. The first-order chi connectivity index (χ1) is 8.15. The Bertz CT molecular complexity index is 312. The van der Waals surface area contributed by atoms with Gasteiger partial charge in [-0.15, -0.1) is 0 Å². The maximum atomic E-state index is 11.8. The minimum atomic E-state index is -0.524. The summed E-state index contributed by atoms with van der Waals surface area (Å²) in [7, 11) is 0. The molecule has 2 saturated carbocycles. The molecule has 17 heavy (non-hydrogen) atoms. The number of thiocarbonyl (C=S) groups is 1. The molecule has 1 amide bonds. The van der Waals surface area contributed by atoms with E-state index in [0.717, 1.165) is 38.4 Å². The highest BCUT2D eigenvalue weighted by Gasteiger charge is 2.52. The van der Waals surface area contributed by atoms with E-state index >= 15 is 0 Å². The lowest BCUT2D eigenvalue weighted by Crippen LogP contribution is -2.40. The number of amides is 1. The van der Waals surface area contributed by atoms with Crippen LogP contribution >= 0.6 is 12.2 Å². The number of hydrogen-bond acceptors (Lipinski definition) is 3. The summed E-state index contributed by atoms with van der Waals surface area (Å²) in [5.74, 6) is 0.793. The van der Waals surface area contributed by atoms with Crippen molar-refractivity contribution in [3.8, 4) is 0 Å². The lowest BCUT2D eigenvalue weighted by atomic mass is 10.1. The maximum absolute atomic E-state index is 11.8. The molecule has 0 aliphatic heterocycles. The number of rotatable bonds is 8. The summed E-state index contributed by atoms with van der Waals surface area (Å²) in [6.45, 7) is 2.25. The third-order valence-electron chi connectivity index (χ3n) is 3.46. The fourth-order valence-corrected chi connectivity index (χ4v) is 2.09. The quantitative estimate of drug-likeness (QED) is 0.502. The van der Waals surface area contributed by atoms with E-state index in [9.17, 15) is 4.79 Å². The first kappa shape index (κ1) is 12.8. The van der Waals surface area contributed by atoms with Crippen LogP contribution in [0.4, 0.5) is 0 Å². The standard InChI is InChI=1S/C12H20N2O2S/c13-10(17)12(4-5-12)11(15)14-6-1-7-16-8-9-2-3-9/h9H,1-8H2,(H2,13,17)(H,14,15). The molecule has 4 nitrogen and oxygen atoms in total. The van der Waals surface area contributed by atoms with Gasteiger partial charge in [0.05, 0.1) is 10.4 Å². The molecule has 0 aromatic carbocycles. The van der Waals surface area contributed by atoms with E-state index in [1.807, 2.05) is 0 Å². The van der Waals surface area contributed by atoms with Gasteiger partial charge in [0.15, 0.2) is 0 Å². The Hall–Kier alpha value is -0.680. The predicted molar refractivity (Wildman–Crippen MR) is 69.6 cm³/mol. The summed E-state index contributed by atoms with van der Waals surface area (Å²) in [5, 5.41) is 2.88. The topological polar surface area (TPSA) is 64.4 Å². The van der Waals surface area contributed by atoms with Crippen LogP contribution in [0.1, 0.15) is 32.1 Å². The summed E-state index contributed by atoms with van der Waals surface area (Å²) in [4.78, 5) is 12.1. The smallest absolute Gasteiger partial charge is 0.233 e. The van der Waals surface area contributed by atoms with Crippen LogP contribution in [-0.2, 0) is 9.53 Å². The van der Waals surface area contributed by atoms with Crippen LogP contribution in [-0.4, -0.2) is 30.7 Å². The zero-order valence-electron chi connectivity index (χ0n) is 10.0. The highest BCUT2D eigenvalue weighted by atomic mass is 32.1. The summed E-state index contributed by atoms with van der Waals surface area (Å²) >= 11 is 4.92. The molecule has 0 unspecified atom stereocenters. The van der Waals surface area contributed by atoms with Crippen LogP contribution in [0.2, 0.25) is 0 Å². The summed E-state index contributed by atoms with van der Waals surface area (Å²) in [6.07, 6.45) is 5.07. The molecule has 2 aliphatic carbocycles. The van der Waals surface area contributed by atoms with E-state index in [1.165, 1.54) is 12.8 Å². The van der Waals surface area contributed by atoms with Crippen LogP contribution in [0.25, 0.3) is 0 Å². The number of carbonyl (C=O) groups is 1. The van der Waals surface area contributed by atoms with Crippen LogP contribution in [0.3, 0.4) is 0 Å². The van der Waals surface area contributed by atoms with Crippen LogP contribution < -0.4 is 11.1 Å². The Morgan fingerprint density at radius 3 is 2.71 bits per heavy atom. The molecule has 3 N–H and O–H groups in total. The Morgan fingerprint density at radius 1 is 1.47 bits per heavy atom. The normalized spacial score (nSPS) is 20.9. The Balaban J connectivity index is 1.52. The van der Waals surface area contributed by atoms with E-state index in [2.05, 4.69) is 5.32 Å². The zero-order chi connectivity index (χ0) is 12.3. The Kier molecular flexibility index (Phi) is 3.99. The van der Waals surface area contributed by atoms with Crippen molar-refractivity contribution < 1.29 is 9.53 Å². The number of nitrogens with one attached hydrogen (secondary N) is 1. The largest absolute Gasteiger partial charge is 0.392 e. The maximum Gasteiger partial charge on any atom is 0.233 e. The molecule has 2 fully saturated rings. The molecule has 96 valence electrons. The van der Waals surface area contributed by atoms with Crippen molar-refractivity contribution in [3.63, 3.8) is 0 Å². The second kappa shape index (κ2) is 5.31. The van der Waals surface area contributed by atoms with Crippen molar-refractivity contribution >= 4 is 23.1 Å². The molecular weight excluding hydrogens is 236 g/mol. The van der Waals surface area contributed by atoms with Crippen LogP contribution in [0.15, 0.2) is 0 Å². The molecule has 0 bridgehead atoms. The predicted octanol–water partition coefficient (Wildman–Crippen LogP) is 0.986. The lowest BCUT2D eigenvalue weighted by molar-refractivity contribution is -0.124. The monoisotopic (exact) mass is 256 g/mol. The average Bonchev–Trinajstić information content (AvgIpc) is 3.16. The van der Waals surface area contributed by atoms with Crippen LogP contribution in [0, 0.1) is 11.3 Å². The molecule has 0 aromatic rings. The first-order valence-electron chi connectivity index (χ1n) is 6.31. The molecule has 0 saturated heterocycles. The molecule has 5 heteroatoms. The number of ether oxygens (including phenoxy) is 1. The van der Waals surface area contributed by atoms with Gasteiger partial charge in [-0.25, -0.2) is 0 Å². The van der Waals surface area contributed by atoms with E-state index in [1.54, 1.807) is 0 Å². The SMILES string of the molecule is NC(=S)C1(C(=O)NCCCOCC2CC2)CC1. The molecule has 0 heterocycles. The summed E-state index contributed by atoms with van der Waals surface area (Å²) < 4.78 is 5.49. The van der Waals surface area contributed by atoms with Crippen molar-refractivity contribution in [2.45, 2.75) is 32.1 Å². The van der Waals surface area contributed by atoms with Crippen molar-refractivity contribution in [1.29, 1.82) is 0 Å². The third-order valence-corrected chi connectivity index (χ3v) is 3.85. The van der Waals surface area contributed by atoms with Crippen molar-refractivity contribution in [1.82, 2.24) is 5.32 Å². The van der Waals surface area contributed by atoms with Gasteiger partial charge in [0.1, 0.15) is 0 Å². The van der Waals surface area contributed by atoms with Gasteiger partial charge in [-0.1, -0.05) is 12.2 Å². The van der Waals surface area contributed by atoms with Gasteiger partial charge in [0.25, 0.3) is 0 Å². The van der Waals surface area contributed by atoms with Gasteiger partial charge in [0.2, 0.25) is 5.91 Å². The number of hydrogen-bond donors (Lipinski definition) is 2. The number of nitrogens with two attached hydrogens (primary N) is 1. The highest BCUT2D eigenvalue weighted by Crippen LogP contribution is 2.46. The first-order valence-corrected chi connectivity index (χ1v) is 6.72. The fraction of sp³-hybridized carbons (Fsp3) is 0.833. The molecule has 0 radical (unpaired) electrons. The molecular formula is C12H20N2O2S. The minimum absolute atomic E-state index is 0.00723. The highest BCUT2D eigenvalue weighted by molar-refractivity contribution is 7.80. The minimum Gasteiger partial charge on any atom is -0.392 e. The van der Waals surface area contributed by atoms with Gasteiger partial charge >= 0.3 is 0 Å². The van der Waals surface area contributed by atoms with Gasteiger partial charge in [-0.3, -0.25) is 4.79 Å². The van der Waals surface area contributed by atoms with E-state index in [4.69, 9.17) is 22.7 Å². The Labute approximate surface area is 107 Å². The van der Waals surface area contributed by atoms with Crippen molar-refractivity contribution in [2.24, 2.45) is 17.1 Å². The lowest BCUT2D eigenvalue weighted by Gasteiger charge is -2.13. The van der Waals surface area contributed by atoms with Gasteiger partial charge in [-0.05, 0) is 38.0 Å². The van der Waals surface area contributed by atoms with Crippen LogP contribution in [0.5, 0.6) is 0 Å². The van der Waals surface area contributed by atoms with Gasteiger partial charge < -0.3 is 15.8 Å². The summed E-state index contributed by atoms with van der Waals surface area (Å²) in [6, 6.07) is 0. The third kappa shape index (κ3) is 3.39. The second-order valence-electron chi connectivity index (χ2n) is 5.07. The van der Waals surface area contributed by atoms with Crippen molar-refractivity contribution in [2.75, 3.05) is 19.8 Å². The van der Waals surface area contributed by atoms with Gasteiger partial charge in [0, 0.05) is 19.8 Å².